The molecule has 5 nitrogen and oxygen atoms in total. The topological polar surface area (TPSA) is 63.5 Å². The van der Waals surface area contributed by atoms with Gasteiger partial charge in [0.15, 0.2) is 0 Å². The van der Waals surface area contributed by atoms with Crippen LogP contribution < -0.4 is 15.4 Å². The van der Waals surface area contributed by atoms with Crippen molar-refractivity contribution in [3.8, 4) is 5.75 Å². The van der Waals surface area contributed by atoms with Gasteiger partial charge in [0.1, 0.15) is 11.5 Å². The zero-order valence-corrected chi connectivity index (χ0v) is 12.7. The van der Waals surface area contributed by atoms with E-state index in [4.69, 9.17) is 20.8 Å². The molecule has 2 rings (SSSR count). The second-order valence-corrected chi connectivity index (χ2v) is 4.92. The summed E-state index contributed by atoms with van der Waals surface area (Å²) < 4.78 is 10.4. The minimum Gasteiger partial charge on any atom is -0.495 e. The van der Waals surface area contributed by atoms with Gasteiger partial charge in [0.25, 0.3) is 0 Å². The van der Waals surface area contributed by atoms with E-state index in [0.717, 1.165) is 11.3 Å². The monoisotopic (exact) mass is 308 g/mol. The summed E-state index contributed by atoms with van der Waals surface area (Å²) in [6.07, 6.45) is 1.57. The molecule has 2 N–H and O–H groups in total. The highest BCUT2D eigenvalue weighted by molar-refractivity contribution is 6.31. The van der Waals surface area contributed by atoms with Crippen molar-refractivity contribution in [3.05, 3.63) is 46.9 Å². The molecule has 0 atom stereocenters. The maximum Gasteiger partial charge on any atom is 0.239 e. The van der Waals surface area contributed by atoms with Crippen LogP contribution in [0.15, 0.2) is 34.9 Å². The number of rotatable bonds is 6. The van der Waals surface area contributed by atoms with Crippen molar-refractivity contribution >= 4 is 23.2 Å². The molecule has 112 valence electrons. The Morgan fingerprint density at radius 1 is 1.43 bits per heavy atom. The Morgan fingerprint density at radius 3 is 2.90 bits per heavy atom. The van der Waals surface area contributed by atoms with Crippen LogP contribution in [0.1, 0.15) is 11.3 Å². The number of nitrogens with one attached hydrogen (secondary N) is 2. The van der Waals surface area contributed by atoms with Crippen LogP contribution in [-0.4, -0.2) is 19.6 Å². The van der Waals surface area contributed by atoms with Gasteiger partial charge in [-0.25, -0.2) is 0 Å². The summed E-state index contributed by atoms with van der Waals surface area (Å²) in [5.74, 6) is 1.17. The van der Waals surface area contributed by atoms with Crippen LogP contribution in [0.3, 0.4) is 0 Å². The molecule has 0 spiro atoms. The van der Waals surface area contributed by atoms with E-state index in [-0.39, 0.29) is 12.5 Å². The number of benzene rings is 1. The molecule has 0 saturated carbocycles. The fraction of sp³-hybridized carbons (Fsp3) is 0.267. The zero-order valence-electron chi connectivity index (χ0n) is 11.9. The number of ether oxygens (including phenoxy) is 1. The highest BCUT2D eigenvalue weighted by Crippen LogP contribution is 2.30. The van der Waals surface area contributed by atoms with Gasteiger partial charge in [-0.3, -0.25) is 4.79 Å². The van der Waals surface area contributed by atoms with Crippen molar-refractivity contribution in [2.24, 2.45) is 0 Å². The number of aryl methyl sites for hydroxylation is 1. The molecule has 1 amide bonds. The normalized spacial score (nSPS) is 10.2. The molecule has 0 unspecified atom stereocenters. The highest BCUT2D eigenvalue weighted by atomic mass is 35.5. The van der Waals surface area contributed by atoms with Crippen LogP contribution in [0.2, 0.25) is 5.02 Å². The van der Waals surface area contributed by atoms with Crippen molar-refractivity contribution in [2.75, 3.05) is 19.0 Å². The Labute approximate surface area is 128 Å². The summed E-state index contributed by atoms with van der Waals surface area (Å²) >= 11 is 6.04. The van der Waals surface area contributed by atoms with E-state index in [1.54, 1.807) is 31.6 Å². The van der Waals surface area contributed by atoms with Crippen LogP contribution in [0.25, 0.3) is 0 Å². The van der Waals surface area contributed by atoms with Crippen molar-refractivity contribution in [1.29, 1.82) is 0 Å². The molecule has 21 heavy (non-hydrogen) atoms. The number of anilines is 1. The SMILES string of the molecule is COc1cc(Cl)c(C)cc1NCC(=O)NCc1ccco1. The summed E-state index contributed by atoms with van der Waals surface area (Å²) in [4.78, 5) is 11.8. The Balaban J connectivity index is 1.90. The van der Waals surface area contributed by atoms with Crippen molar-refractivity contribution in [3.63, 3.8) is 0 Å². The van der Waals surface area contributed by atoms with Crippen molar-refractivity contribution < 1.29 is 13.9 Å². The maximum atomic E-state index is 11.8. The first-order chi connectivity index (χ1) is 10.1. The van der Waals surface area contributed by atoms with Gasteiger partial charge in [-0.05, 0) is 30.7 Å². The number of halogens is 1. The van der Waals surface area contributed by atoms with Crippen LogP contribution in [0, 0.1) is 6.92 Å². The number of amides is 1. The van der Waals surface area contributed by atoms with E-state index in [0.29, 0.717) is 23.1 Å². The molecule has 2 aromatic rings. The fourth-order valence-electron chi connectivity index (χ4n) is 1.81. The molecule has 0 fully saturated rings. The molecule has 0 aliphatic heterocycles. The molecule has 6 heteroatoms. The lowest BCUT2D eigenvalue weighted by Gasteiger charge is -2.13. The van der Waals surface area contributed by atoms with Crippen molar-refractivity contribution in [2.45, 2.75) is 13.5 Å². The molecule has 0 bridgehead atoms. The fourth-order valence-corrected chi connectivity index (χ4v) is 1.96. The summed E-state index contributed by atoms with van der Waals surface area (Å²) in [5, 5.41) is 6.42. The van der Waals surface area contributed by atoms with Gasteiger partial charge in [0, 0.05) is 11.1 Å². The van der Waals surface area contributed by atoms with Gasteiger partial charge in [0.05, 0.1) is 32.1 Å². The molecule has 1 aromatic carbocycles. The first-order valence-corrected chi connectivity index (χ1v) is 6.85. The Hall–Kier alpha value is -2.14. The predicted molar refractivity (Wildman–Crippen MR) is 81.8 cm³/mol. The minimum atomic E-state index is -0.138. The van der Waals surface area contributed by atoms with Gasteiger partial charge in [-0.1, -0.05) is 11.6 Å². The second kappa shape index (κ2) is 7.04. The number of hydrogen-bond donors (Lipinski definition) is 2. The molecule has 1 aromatic heterocycles. The first kappa shape index (κ1) is 15.3. The smallest absolute Gasteiger partial charge is 0.239 e. The van der Waals surface area contributed by atoms with Gasteiger partial charge in [-0.2, -0.15) is 0 Å². The molecular formula is C15H17ClN2O3. The summed E-state index contributed by atoms with van der Waals surface area (Å²) in [6.45, 7) is 2.40. The van der Waals surface area contributed by atoms with Crippen LogP contribution >= 0.6 is 11.6 Å². The molecule has 1 heterocycles. The maximum absolute atomic E-state index is 11.8. The number of methoxy groups -OCH3 is 1. The average molecular weight is 309 g/mol. The van der Waals surface area contributed by atoms with E-state index >= 15 is 0 Å². The number of furan rings is 1. The number of carbonyl (C=O) groups is 1. The quantitative estimate of drug-likeness (QED) is 0.861. The summed E-state index contributed by atoms with van der Waals surface area (Å²) in [6, 6.07) is 7.15. The molecule has 0 aliphatic carbocycles. The lowest BCUT2D eigenvalue weighted by atomic mass is 10.2. The third kappa shape index (κ3) is 4.16. The number of hydrogen-bond acceptors (Lipinski definition) is 4. The van der Waals surface area contributed by atoms with Crippen LogP contribution in [0.4, 0.5) is 5.69 Å². The largest absolute Gasteiger partial charge is 0.495 e. The van der Waals surface area contributed by atoms with E-state index in [1.807, 2.05) is 13.0 Å². The molecule has 0 radical (unpaired) electrons. The Kier molecular flexibility index (Phi) is 5.11. The van der Waals surface area contributed by atoms with Crippen LogP contribution in [-0.2, 0) is 11.3 Å². The molecule has 0 aliphatic rings. The second-order valence-electron chi connectivity index (χ2n) is 4.51. The lowest BCUT2D eigenvalue weighted by molar-refractivity contribution is -0.119. The van der Waals surface area contributed by atoms with Gasteiger partial charge < -0.3 is 19.8 Å². The number of carbonyl (C=O) groups excluding carboxylic acids is 1. The molecular weight excluding hydrogens is 292 g/mol. The van der Waals surface area contributed by atoms with Crippen molar-refractivity contribution in [1.82, 2.24) is 5.32 Å². The van der Waals surface area contributed by atoms with E-state index in [2.05, 4.69) is 10.6 Å². The predicted octanol–water partition coefficient (Wildman–Crippen LogP) is 2.98. The van der Waals surface area contributed by atoms with E-state index in [1.165, 1.54) is 0 Å². The average Bonchev–Trinajstić information content (AvgIpc) is 2.99. The highest BCUT2D eigenvalue weighted by Gasteiger charge is 2.09. The lowest BCUT2D eigenvalue weighted by Crippen LogP contribution is -2.29. The van der Waals surface area contributed by atoms with Crippen LogP contribution in [0.5, 0.6) is 5.75 Å². The van der Waals surface area contributed by atoms with Gasteiger partial charge >= 0.3 is 0 Å². The van der Waals surface area contributed by atoms with Gasteiger partial charge in [0.2, 0.25) is 5.91 Å². The zero-order chi connectivity index (χ0) is 15.2. The third-order valence-corrected chi connectivity index (χ3v) is 3.37. The van der Waals surface area contributed by atoms with E-state index < -0.39 is 0 Å². The third-order valence-electron chi connectivity index (χ3n) is 2.96. The first-order valence-electron chi connectivity index (χ1n) is 6.47. The molecule has 0 saturated heterocycles. The van der Waals surface area contributed by atoms with Gasteiger partial charge in [-0.15, -0.1) is 0 Å². The van der Waals surface area contributed by atoms with E-state index in [9.17, 15) is 4.79 Å². The summed E-state index contributed by atoms with van der Waals surface area (Å²) in [7, 11) is 1.56. The standard InChI is InChI=1S/C15H17ClN2O3/c1-10-6-13(14(20-2)7-12(10)16)17-9-15(19)18-8-11-4-3-5-21-11/h3-7,17H,8-9H2,1-2H3,(H,18,19). The Bertz CT molecular complexity index is 612. The Morgan fingerprint density at radius 2 is 2.24 bits per heavy atom. The summed E-state index contributed by atoms with van der Waals surface area (Å²) in [5.41, 5.74) is 1.64. The minimum absolute atomic E-state index is 0.137.